The number of ether oxygens (including phenoxy) is 2. The molecule has 37 heavy (non-hydrogen) atoms. The lowest BCUT2D eigenvalue weighted by Crippen LogP contribution is -2.29. The van der Waals surface area contributed by atoms with Crippen LogP contribution in [0.2, 0.25) is 10.0 Å². The molecule has 0 saturated carbocycles. The van der Waals surface area contributed by atoms with Crippen LogP contribution in [0.25, 0.3) is 16.0 Å². The lowest BCUT2D eigenvalue weighted by atomic mass is 9.95. The third kappa shape index (κ3) is 4.52. The van der Waals surface area contributed by atoms with Crippen molar-refractivity contribution >= 4 is 67.3 Å². The molecule has 7 nitrogen and oxygen atoms in total. The summed E-state index contributed by atoms with van der Waals surface area (Å²) >= 11 is 13.4. The Hall–Kier alpha value is -3.59. The van der Waals surface area contributed by atoms with Crippen molar-refractivity contribution in [2.75, 3.05) is 18.6 Å². The first-order chi connectivity index (χ1) is 17.8. The average Bonchev–Trinajstić information content (AvgIpc) is 3.42. The number of nitrogens with zero attached hydrogens (tertiary/aromatic N) is 2. The van der Waals surface area contributed by atoms with Crippen LogP contribution < -0.4 is 14.4 Å². The van der Waals surface area contributed by atoms with Crippen molar-refractivity contribution in [1.29, 1.82) is 0 Å². The van der Waals surface area contributed by atoms with Crippen LogP contribution in [-0.2, 0) is 9.59 Å². The third-order valence-corrected chi connectivity index (χ3v) is 7.42. The molecule has 1 unspecified atom stereocenters. The number of halogens is 2. The van der Waals surface area contributed by atoms with E-state index in [-0.39, 0.29) is 11.3 Å². The summed E-state index contributed by atoms with van der Waals surface area (Å²) in [5.74, 6) is -1.02. The predicted molar refractivity (Wildman–Crippen MR) is 145 cm³/mol. The maximum atomic E-state index is 13.5. The normalized spacial score (nSPS) is 17.0. The summed E-state index contributed by atoms with van der Waals surface area (Å²) in [6.07, 6.45) is 0. The highest BCUT2D eigenvalue weighted by Crippen LogP contribution is 2.46. The number of carbonyl (C=O) groups excluding carboxylic acids is 2. The number of Topliss-reactive ketones (excluding diaryl/α,β-unsaturated/α-hetero) is 1. The number of thiazole rings is 1. The molecular weight excluding hydrogens is 535 g/mol. The Labute approximate surface area is 226 Å². The van der Waals surface area contributed by atoms with Crippen molar-refractivity contribution in [2.24, 2.45) is 0 Å². The van der Waals surface area contributed by atoms with Crippen molar-refractivity contribution in [3.8, 4) is 11.5 Å². The van der Waals surface area contributed by atoms with Gasteiger partial charge in [-0.3, -0.25) is 14.5 Å². The molecule has 188 valence electrons. The molecule has 3 aromatic carbocycles. The minimum Gasteiger partial charge on any atom is -0.507 e. The summed E-state index contributed by atoms with van der Waals surface area (Å²) in [5, 5.41) is 12.6. The number of aliphatic hydroxyl groups excluding tert-OH is 1. The molecule has 2 heterocycles. The number of hydrogen-bond donors (Lipinski definition) is 1. The number of aliphatic hydroxyl groups is 1. The number of anilines is 1. The summed E-state index contributed by atoms with van der Waals surface area (Å²) in [6.45, 7) is 2.28. The minimum absolute atomic E-state index is 0.0733. The van der Waals surface area contributed by atoms with Crippen LogP contribution in [0.4, 0.5) is 5.13 Å². The largest absolute Gasteiger partial charge is 0.507 e. The van der Waals surface area contributed by atoms with Gasteiger partial charge in [0, 0.05) is 15.6 Å². The topological polar surface area (TPSA) is 89.0 Å². The van der Waals surface area contributed by atoms with Crippen LogP contribution in [0.15, 0.2) is 66.2 Å². The van der Waals surface area contributed by atoms with Crippen LogP contribution in [0.5, 0.6) is 11.5 Å². The Balaban J connectivity index is 1.73. The maximum absolute atomic E-state index is 13.5. The van der Waals surface area contributed by atoms with Crippen LogP contribution in [0.3, 0.4) is 0 Å². The smallest absolute Gasteiger partial charge is 0.301 e. The van der Waals surface area contributed by atoms with E-state index >= 15 is 0 Å². The number of aromatic nitrogens is 1. The SMILES string of the molecule is CCOc1ccc(C2/C(=C(\O)c3ccc(Cl)cc3)C(=O)C(=O)N2c2nc3ccc(Cl)cc3s2)cc1OC. The molecule has 1 N–H and O–H groups in total. The summed E-state index contributed by atoms with van der Waals surface area (Å²) in [5.41, 5.74) is 1.44. The molecule has 10 heteroatoms. The first kappa shape index (κ1) is 25.1. The molecule has 1 atom stereocenters. The van der Waals surface area contributed by atoms with E-state index in [0.29, 0.717) is 49.9 Å². The van der Waals surface area contributed by atoms with Crippen LogP contribution in [-0.4, -0.2) is 35.5 Å². The van der Waals surface area contributed by atoms with Gasteiger partial charge in [-0.2, -0.15) is 0 Å². The Kier molecular flexibility index (Phi) is 6.81. The van der Waals surface area contributed by atoms with Gasteiger partial charge in [0.1, 0.15) is 5.76 Å². The molecule has 5 rings (SSSR count). The second kappa shape index (κ2) is 10.0. The first-order valence-corrected chi connectivity index (χ1v) is 12.8. The molecule has 1 aliphatic heterocycles. The second-order valence-corrected chi connectivity index (χ2v) is 10.0. The molecule has 0 radical (unpaired) electrons. The maximum Gasteiger partial charge on any atom is 0.301 e. The van der Waals surface area contributed by atoms with Gasteiger partial charge in [0.25, 0.3) is 5.78 Å². The highest BCUT2D eigenvalue weighted by molar-refractivity contribution is 7.22. The number of methoxy groups -OCH3 is 1. The molecular formula is C27H20Cl2N2O5S. The van der Waals surface area contributed by atoms with Gasteiger partial charge < -0.3 is 14.6 Å². The summed E-state index contributed by atoms with van der Waals surface area (Å²) in [7, 11) is 1.50. The molecule has 0 spiro atoms. The molecule has 1 amide bonds. The average molecular weight is 555 g/mol. The summed E-state index contributed by atoms with van der Waals surface area (Å²) < 4.78 is 11.9. The van der Waals surface area contributed by atoms with Crippen LogP contribution in [0, 0.1) is 0 Å². The fourth-order valence-electron chi connectivity index (χ4n) is 4.23. The van der Waals surface area contributed by atoms with Gasteiger partial charge >= 0.3 is 5.91 Å². The lowest BCUT2D eigenvalue weighted by Gasteiger charge is -2.24. The Morgan fingerprint density at radius 2 is 1.76 bits per heavy atom. The molecule has 1 saturated heterocycles. The van der Waals surface area contributed by atoms with Gasteiger partial charge in [0.2, 0.25) is 0 Å². The fraction of sp³-hybridized carbons (Fsp3) is 0.148. The van der Waals surface area contributed by atoms with Crippen molar-refractivity contribution in [3.63, 3.8) is 0 Å². The summed E-state index contributed by atoms with van der Waals surface area (Å²) in [6, 6.07) is 15.7. The van der Waals surface area contributed by atoms with Crippen molar-refractivity contribution < 1.29 is 24.2 Å². The number of amides is 1. The van der Waals surface area contributed by atoms with Gasteiger partial charge in [0.15, 0.2) is 16.6 Å². The zero-order valence-electron chi connectivity index (χ0n) is 19.7. The molecule has 1 aromatic heterocycles. The van der Waals surface area contributed by atoms with E-state index in [2.05, 4.69) is 4.98 Å². The quantitative estimate of drug-likeness (QED) is 0.163. The van der Waals surface area contributed by atoms with Gasteiger partial charge in [-0.05, 0) is 67.1 Å². The standard InChI is InChI=1S/C27H20Cl2N2O5S/c1-3-36-19-11-6-15(12-20(19)35-2)23-22(24(32)14-4-7-16(28)8-5-14)25(33)26(34)31(23)27-30-18-10-9-17(29)13-21(18)37-27/h4-13,23,32H,3H2,1-2H3/b24-22+. The van der Waals surface area contributed by atoms with Gasteiger partial charge in [-0.1, -0.05) is 40.6 Å². The highest BCUT2D eigenvalue weighted by atomic mass is 35.5. The van der Waals surface area contributed by atoms with Gasteiger partial charge in [-0.15, -0.1) is 0 Å². The summed E-state index contributed by atoms with van der Waals surface area (Å²) in [4.78, 5) is 32.8. The molecule has 1 fully saturated rings. The third-order valence-electron chi connectivity index (χ3n) is 5.91. The van der Waals surface area contributed by atoms with E-state index in [1.807, 2.05) is 6.92 Å². The van der Waals surface area contributed by atoms with E-state index < -0.39 is 17.7 Å². The lowest BCUT2D eigenvalue weighted by molar-refractivity contribution is -0.132. The zero-order valence-corrected chi connectivity index (χ0v) is 22.0. The van der Waals surface area contributed by atoms with E-state index in [9.17, 15) is 14.7 Å². The van der Waals surface area contributed by atoms with E-state index in [1.54, 1.807) is 60.7 Å². The predicted octanol–water partition coefficient (Wildman–Crippen LogP) is 6.64. The number of hydrogen-bond acceptors (Lipinski definition) is 7. The van der Waals surface area contributed by atoms with E-state index in [1.165, 1.54) is 23.3 Å². The Morgan fingerprint density at radius 1 is 1.03 bits per heavy atom. The van der Waals surface area contributed by atoms with Gasteiger partial charge in [0.05, 0.1) is 35.5 Å². The molecule has 0 aliphatic carbocycles. The van der Waals surface area contributed by atoms with Crippen LogP contribution >= 0.6 is 34.5 Å². The number of ketones is 1. The molecule has 0 bridgehead atoms. The highest BCUT2D eigenvalue weighted by Gasteiger charge is 2.48. The zero-order chi connectivity index (χ0) is 26.3. The Bertz CT molecular complexity index is 1570. The van der Waals surface area contributed by atoms with Crippen LogP contribution in [0.1, 0.15) is 24.1 Å². The number of benzene rings is 3. The van der Waals surface area contributed by atoms with E-state index in [4.69, 9.17) is 32.7 Å². The number of rotatable bonds is 6. The minimum atomic E-state index is -0.976. The van der Waals surface area contributed by atoms with E-state index in [0.717, 1.165) is 4.70 Å². The van der Waals surface area contributed by atoms with Crippen molar-refractivity contribution in [3.05, 3.63) is 87.4 Å². The first-order valence-electron chi connectivity index (χ1n) is 11.3. The number of carbonyl (C=O) groups is 2. The van der Waals surface area contributed by atoms with Crippen molar-refractivity contribution in [2.45, 2.75) is 13.0 Å². The van der Waals surface area contributed by atoms with Gasteiger partial charge in [-0.25, -0.2) is 4.98 Å². The molecule has 4 aromatic rings. The second-order valence-electron chi connectivity index (χ2n) is 8.13. The molecule has 1 aliphatic rings. The number of fused-ring (bicyclic) bond motifs is 1. The van der Waals surface area contributed by atoms with Crippen molar-refractivity contribution in [1.82, 2.24) is 4.98 Å². The Morgan fingerprint density at radius 3 is 2.46 bits per heavy atom. The monoisotopic (exact) mass is 554 g/mol. The fourth-order valence-corrected chi connectivity index (χ4v) is 5.62.